The van der Waals surface area contributed by atoms with Crippen LogP contribution in [0.3, 0.4) is 0 Å². The fourth-order valence-electron chi connectivity index (χ4n) is 2.81. The van der Waals surface area contributed by atoms with E-state index in [1.807, 2.05) is 6.92 Å². The Hall–Kier alpha value is -1.42. The fraction of sp³-hybridized carbons (Fsp3) is 0.562. The summed E-state index contributed by atoms with van der Waals surface area (Å²) in [5.41, 5.74) is 1.24. The quantitative estimate of drug-likeness (QED) is 0.920. The van der Waals surface area contributed by atoms with Crippen LogP contribution in [0.4, 0.5) is 4.39 Å². The molecule has 3 nitrogen and oxygen atoms in total. The molecule has 1 aliphatic rings. The topological polar surface area (TPSA) is 38.3 Å². The first-order valence-electron chi connectivity index (χ1n) is 7.16. The van der Waals surface area contributed by atoms with E-state index in [2.05, 4.69) is 5.32 Å². The number of aryl methyl sites for hydroxylation is 1. The normalized spacial score (nSPS) is 22.6. The van der Waals surface area contributed by atoms with Gasteiger partial charge in [0.05, 0.1) is 0 Å². The monoisotopic (exact) mass is 279 g/mol. The lowest BCUT2D eigenvalue weighted by atomic mass is 9.86. The second-order valence-corrected chi connectivity index (χ2v) is 5.61. The fourth-order valence-corrected chi connectivity index (χ4v) is 2.81. The summed E-state index contributed by atoms with van der Waals surface area (Å²) >= 11 is 0. The van der Waals surface area contributed by atoms with Gasteiger partial charge >= 0.3 is 0 Å². The van der Waals surface area contributed by atoms with Crippen LogP contribution in [0.5, 0.6) is 0 Å². The molecule has 1 aromatic carbocycles. The smallest absolute Gasteiger partial charge is 0.251 e. The van der Waals surface area contributed by atoms with Crippen molar-refractivity contribution in [1.29, 1.82) is 0 Å². The first-order chi connectivity index (χ1) is 9.60. The van der Waals surface area contributed by atoms with Gasteiger partial charge in [-0.05, 0) is 56.2 Å². The van der Waals surface area contributed by atoms with Gasteiger partial charge in [-0.15, -0.1) is 0 Å². The van der Waals surface area contributed by atoms with Gasteiger partial charge in [0.25, 0.3) is 5.91 Å². The number of halogens is 1. The molecule has 1 saturated carbocycles. The zero-order chi connectivity index (χ0) is 14.5. The standard InChI is InChI=1S/C16H22FNO2/c1-11-3-6-13(17)9-15(11)16(19)18-14-7-4-12(5-8-14)10-20-2/h3,6,9,12,14H,4-5,7-8,10H2,1-2H3,(H,18,19). The number of amides is 1. The van der Waals surface area contributed by atoms with Crippen molar-refractivity contribution in [2.45, 2.75) is 38.6 Å². The van der Waals surface area contributed by atoms with Gasteiger partial charge in [0, 0.05) is 25.3 Å². The summed E-state index contributed by atoms with van der Waals surface area (Å²) in [5.74, 6) is 0.0609. The number of hydrogen-bond acceptors (Lipinski definition) is 2. The van der Waals surface area contributed by atoms with Crippen molar-refractivity contribution in [2.24, 2.45) is 5.92 Å². The Labute approximate surface area is 119 Å². The molecule has 2 rings (SSSR count). The Balaban J connectivity index is 1.91. The first-order valence-corrected chi connectivity index (χ1v) is 7.16. The first kappa shape index (κ1) is 15.0. The van der Waals surface area contributed by atoms with Crippen LogP contribution in [0.15, 0.2) is 18.2 Å². The van der Waals surface area contributed by atoms with Gasteiger partial charge in [-0.25, -0.2) is 4.39 Å². The average molecular weight is 279 g/mol. The average Bonchev–Trinajstić information content (AvgIpc) is 2.44. The Morgan fingerprint density at radius 2 is 2.05 bits per heavy atom. The zero-order valence-electron chi connectivity index (χ0n) is 12.1. The van der Waals surface area contributed by atoms with Gasteiger partial charge in [0.15, 0.2) is 0 Å². The highest BCUT2D eigenvalue weighted by Gasteiger charge is 2.23. The molecule has 0 radical (unpaired) electrons. The Kier molecular flexibility index (Phi) is 5.12. The molecule has 1 N–H and O–H groups in total. The van der Waals surface area contributed by atoms with Crippen molar-refractivity contribution in [1.82, 2.24) is 5.32 Å². The molecule has 20 heavy (non-hydrogen) atoms. The Morgan fingerprint density at radius 1 is 1.35 bits per heavy atom. The van der Waals surface area contributed by atoms with Crippen LogP contribution in [0.2, 0.25) is 0 Å². The van der Waals surface area contributed by atoms with Gasteiger partial charge < -0.3 is 10.1 Å². The van der Waals surface area contributed by atoms with E-state index >= 15 is 0 Å². The lowest BCUT2D eigenvalue weighted by Crippen LogP contribution is -2.38. The van der Waals surface area contributed by atoms with E-state index in [0.717, 1.165) is 37.9 Å². The van der Waals surface area contributed by atoms with Crippen LogP contribution >= 0.6 is 0 Å². The highest BCUT2D eigenvalue weighted by atomic mass is 19.1. The number of ether oxygens (including phenoxy) is 1. The van der Waals surface area contributed by atoms with E-state index in [0.29, 0.717) is 11.5 Å². The summed E-state index contributed by atoms with van der Waals surface area (Å²) in [6.45, 7) is 2.62. The van der Waals surface area contributed by atoms with Crippen molar-refractivity contribution < 1.29 is 13.9 Å². The molecular formula is C16H22FNO2. The Bertz CT molecular complexity index is 468. The summed E-state index contributed by atoms with van der Waals surface area (Å²) in [7, 11) is 1.72. The van der Waals surface area contributed by atoms with Gasteiger partial charge in [-0.1, -0.05) is 6.07 Å². The third-order valence-corrected chi connectivity index (χ3v) is 4.03. The zero-order valence-corrected chi connectivity index (χ0v) is 12.1. The maximum absolute atomic E-state index is 13.2. The number of carbonyl (C=O) groups is 1. The van der Waals surface area contributed by atoms with E-state index in [-0.39, 0.29) is 17.8 Å². The number of methoxy groups -OCH3 is 1. The number of rotatable bonds is 4. The minimum Gasteiger partial charge on any atom is -0.384 e. The molecule has 0 atom stereocenters. The van der Waals surface area contributed by atoms with Crippen molar-refractivity contribution in [3.05, 3.63) is 35.1 Å². The molecule has 1 aromatic rings. The van der Waals surface area contributed by atoms with Crippen LogP contribution < -0.4 is 5.32 Å². The third-order valence-electron chi connectivity index (χ3n) is 4.03. The van der Waals surface area contributed by atoms with Gasteiger partial charge in [-0.2, -0.15) is 0 Å². The molecule has 0 aliphatic heterocycles. The third kappa shape index (κ3) is 3.79. The van der Waals surface area contributed by atoms with Crippen LogP contribution in [0, 0.1) is 18.7 Å². The molecule has 1 amide bonds. The van der Waals surface area contributed by atoms with Crippen LogP contribution in [-0.2, 0) is 4.74 Å². The van der Waals surface area contributed by atoms with Crippen LogP contribution in [-0.4, -0.2) is 25.7 Å². The maximum atomic E-state index is 13.2. The van der Waals surface area contributed by atoms with E-state index < -0.39 is 0 Å². The van der Waals surface area contributed by atoms with E-state index in [1.165, 1.54) is 12.1 Å². The predicted molar refractivity (Wildman–Crippen MR) is 76.2 cm³/mol. The summed E-state index contributed by atoms with van der Waals surface area (Å²) in [6.07, 6.45) is 4.07. The predicted octanol–water partition coefficient (Wildman–Crippen LogP) is 3.07. The molecular weight excluding hydrogens is 257 g/mol. The van der Waals surface area contributed by atoms with Crippen LogP contribution in [0.1, 0.15) is 41.6 Å². The van der Waals surface area contributed by atoms with Crippen LogP contribution in [0.25, 0.3) is 0 Å². The second-order valence-electron chi connectivity index (χ2n) is 5.61. The van der Waals surface area contributed by atoms with Crippen molar-refractivity contribution >= 4 is 5.91 Å². The van der Waals surface area contributed by atoms with Crippen molar-refractivity contribution in [3.63, 3.8) is 0 Å². The number of carbonyl (C=O) groups excluding carboxylic acids is 1. The molecule has 4 heteroatoms. The summed E-state index contributed by atoms with van der Waals surface area (Å²) in [4.78, 5) is 12.2. The van der Waals surface area contributed by atoms with Crippen molar-refractivity contribution in [3.8, 4) is 0 Å². The SMILES string of the molecule is COCC1CCC(NC(=O)c2cc(F)ccc2C)CC1. The maximum Gasteiger partial charge on any atom is 0.251 e. The van der Waals surface area contributed by atoms with E-state index in [1.54, 1.807) is 13.2 Å². The van der Waals surface area contributed by atoms with Crippen molar-refractivity contribution in [2.75, 3.05) is 13.7 Å². The summed E-state index contributed by atoms with van der Waals surface area (Å²) in [5, 5.41) is 3.02. The Morgan fingerprint density at radius 3 is 2.70 bits per heavy atom. The number of hydrogen-bond donors (Lipinski definition) is 1. The largest absolute Gasteiger partial charge is 0.384 e. The molecule has 0 bridgehead atoms. The summed E-state index contributed by atoms with van der Waals surface area (Å²) in [6, 6.07) is 4.52. The molecule has 0 saturated heterocycles. The number of nitrogens with one attached hydrogen (secondary N) is 1. The molecule has 0 aromatic heterocycles. The van der Waals surface area contributed by atoms with E-state index in [4.69, 9.17) is 4.74 Å². The minimum atomic E-state index is -0.371. The lowest BCUT2D eigenvalue weighted by molar-refractivity contribution is 0.0897. The van der Waals surface area contributed by atoms with Gasteiger partial charge in [-0.3, -0.25) is 4.79 Å². The molecule has 0 unspecified atom stereocenters. The van der Waals surface area contributed by atoms with Gasteiger partial charge in [0.1, 0.15) is 5.82 Å². The molecule has 0 heterocycles. The highest BCUT2D eigenvalue weighted by Crippen LogP contribution is 2.24. The minimum absolute atomic E-state index is 0.169. The number of benzene rings is 1. The molecule has 1 aliphatic carbocycles. The molecule has 1 fully saturated rings. The van der Waals surface area contributed by atoms with E-state index in [9.17, 15) is 9.18 Å². The second kappa shape index (κ2) is 6.84. The lowest BCUT2D eigenvalue weighted by Gasteiger charge is -2.28. The molecule has 110 valence electrons. The van der Waals surface area contributed by atoms with Gasteiger partial charge in [0.2, 0.25) is 0 Å². The summed E-state index contributed by atoms with van der Waals surface area (Å²) < 4.78 is 18.4. The molecule has 0 spiro atoms. The highest BCUT2D eigenvalue weighted by molar-refractivity contribution is 5.95.